The van der Waals surface area contributed by atoms with Gasteiger partial charge in [0.25, 0.3) is 0 Å². The van der Waals surface area contributed by atoms with Crippen molar-refractivity contribution in [1.82, 2.24) is 4.90 Å². The Morgan fingerprint density at radius 3 is 2.56 bits per heavy atom. The lowest BCUT2D eigenvalue weighted by molar-refractivity contribution is 0.195. The molecule has 18 heavy (non-hydrogen) atoms. The highest BCUT2D eigenvalue weighted by atomic mass is 15.2. The third kappa shape index (κ3) is 3.10. The molecule has 0 bridgehead atoms. The molecule has 1 fully saturated rings. The summed E-state index contributed by atoms with van der Waals surface area (Å²) in [5.41, 5.74) is 8.50. The lowest BCUT2D eigenvalue weighted by atomic mass is 10.0. The molecule has 1 aliphatic carbocycles. The van der Waals surface area contributed by atoms with Crippen LogP contribution < -0.4 is 5.73 Å². The van der Waals surface area contributed by atoms with E-state index in [0.717, 1.165) is 6.54 Å². The number of rotatable bonds is 6. The van der Waals surface area contributed by atoms with E-state index in [4.69, 9.17) is 11.0 Å². The molecule has 0 aromatic heterocycles. The maximum Gasteiger partial charge on any atom is 0.0635 e. The second-order valence-corrected chi connectivity index (χ2v) is 5.04. The summed E-state index contributed by atoms with van der Waals surface area (Å²) in [7, 11) is 0. The van der Waals surface area contributed by atoms with E-state index in [2.05, 4.69) is 42.2 Å². The van der Waals surface area contributed by atoms with Gasteiger partial charge in [-0.25, -0.2) is 0 Å². The molecule has 3 heteroatoms. The van der Waals surface area contributed by atoms with Crippen molar-refractivity contribution in [3.8, 4) is 6.07 Å². The SMILES string of the molecule is Cc1ccc(C(CN)N(CCC#N)C2CC2)cc1. The van der Waals surface area contributed by atoms with Crippen LogP contribution in [0.2, 0.25) is 0 Å². The Labute approximate surface area is 109 Å². The minimum absolute atomic E-state index is 0.256. The predicted molar refractivity (Wildman–Crippen MR) is 72.9 cm³/mol. The van der Waals surface area contributed by atoms with Crippen molar-refractivity contribution in [3.05, 3.63) is 35.4 Å². The number of nitrogens with zero attached hydrogens (tertiary/aromatic N) is 2. The van der Waals surface area contributed by atoms with Crippen LogP contribution in [-0.2, 0) is 0 Å². The monoisotopic (exact) mass is 243 g/mol. The Bertz CT molecular complexity index is 414. The van der Waals surface area contributed by atoms with Gasteiger partial charge < -0.3 is 5.73 Å². The molecule has 2 N–H and O–H groups in total. The molecule has 1 aliphatic rings. The lowest BCUT2D eigenvalue weighted by Gasteiger charge is -2.30. The molecule has 1 atom stereocenters. The molecular formula is C15H21N3. The van der Waals surface area contributed by atoms with E-state index in [1.165, 1.54) is 24.0 Å². The fourth-order valence-electron chi connectivity index (χ4n) is 2.43. The van der Waals surface area contributed by atoms with Crippen molar-refractivity contribution in [2.75, 3.05) is 13.1 Å². The van der Waals surface area contributed by atoms with Gasteiger partial charge in [0.1, 0.15) is 0 Å². The Kier molecular flexibility index (Phi) is 4.35. The summed E-state index contributed by atoms with van der Waals surface area (Å²) >= 11 is 0. The Morgan fingerprint density at radius 2 is 2.06 bits per heavy atom. The largest absolute Gasteiger partial charge is 0.329 e. The summed E-state index contributed by atoms with van der Waals surface area (Å²) < 4.78 is 0. The number of benzene rings is 1. The van der Waals surface area contributed by atoms with Crippen molar-refractivity contribution in [3.63, 3.8) is 0 Å². The van der Waals surface area contributed by atoms with Crippen LogP contribution in [0.15, 0.2) is 24.3 Å². The lowest BCUT2D eigenvalue weighted by Crippen LogP contribution is -2.36. The molecule has 0 radical (unpaired) electrons. The average molecular weight is 243 g/mol. The molecule has 0 aliphatic heterocycles. The Morgan fingerprint density at radius 1 is 1.39 bits per heavy atom. The van der Waals surface area contributed by atoms with Crippen molar-refractivity contribution in [2.24, 2.45) is 5.73 Å². The van der Waals surface area contributed by atoms with Gasteiger partial charge in [0.2, 0.25) is 0 Å². The maximum absolute atomic E-state index is 8.77. The first-order chi connectivity index (χ1) is 8.76. The second kappa shape index (κ2) is 5.99. The first-order valence-electron chi connectivity index (χ1n) is 6.65. The highest BCUT2D eigenvalue weighted by Crippen LogP contribution is 2.34. The first-order valence-corrected chi connectivity index (χ1v) is 6.65. The zero-order valence-corrected chi connectivity index (χ0v) is 11.0. The quantitative estimate of drug-likeness (QED) is 0.834. The predicted octanol–water partition coefficient (Wildman–Crippen LogP) is 2.37. The number of nitriles is 1. The topological polar surface area (TPSA) is 53.0 Å². The van der Waals surface area contributed by atoms with Crippen molar-refractivity contribution in [1.29, 1.82) is 5.26 Å². The van der Waals surface area contributed by atoms with Crippen LogP contribution >= 0.6 is 0 Å². The molecule has 0 amide bonds. The van der Waals surface area contributed by atoms with E-state index in [0.29, 0.717) is 19.0 Å². The van der Waals surface area contributed by atoms with Crippen molar-refractivity contribution < 1.29 is 0 Å². The van der Waals surface area contributed by atoms with Gasteiger partial charge in [0, 0.05) is 31.6 Å². The molecule has 1 aromatic rings. The van der Waals surface area contributed by atoms with E-state index >= 15 is 0 Å². The van der Waals surface area contributed by atoms with Crippen LogP contribution in [-0.4, -0.2) is 24.0 Å². The van der Waals surface area contributed by atoms with Gasteiger partial charge in [-0.3, -0.25) is 4.90 Å². The summed E-state index contributed by atoms with van der Waals surface area (Å²) in [6.07, 6.45) is 3.07. The molecule has 3 nitrogen and oxygen atoms in total. The maximum atomic E-state index is 8.77. The molecular weight excluding hydrogens is 222 g/mol. The normalized spacial score (nSPS) is 16.6. The fraction of sp³-hybridized carbons (Fsp3) is 0.533. The van der Waals surface area contributed by atoms with Crippen LogP contribution in [0.5, 0.6) is 0 Å². The zero-order valence-electron chi connectivity index (χ0n) is 11.0. The second-order valence-electron chi connectivity index (χ2n) is 5.04. The number of nitrogens with two attached hydrogens (primary N) is 1. The highest BCUT2D eigenvalue weighted by molar-refractivity contribution is 5.25. The Balaban J connectivity index is 2.14. The van der Waals surface area contributed by atoms with E-state index in [1.54, 1.807) is 0 Å². The van der Waals surface area contributed by atoms with Gasteiger partial charge in [-0.2, -0.15) is 5.26 Å². The van der Waals surface area contributed by atoms with Gasteiger partial charge in [-0.05, 0) is 25.3 Å². The van der Waals surface area contributed by atoms with Crippen LogP contribution in [0.4, 0.5) is 0 Å². The van der Waals surface area contributed by atoms with Crippen LogP contribution in [0, 0.1) is 18.3 Å². The van der Waals surface area contributed by atoms with Gasteiger partial charge in [0.15, 0.2) is 0 Å². The van der Waals surface area contributed by atoms with Crippen LogP contribution in [0.3, 0.4) is 0 Å². The molecule has 96 valence electrons. The van der Waals surface area contributed by atoms with Crippen LogP contribution in [0.25, 0.3) is 0 Å². The average Bonchev–Trinajstić information content (AvgIpc) is 3.20. The Hall–Kier alpha value is -1.37. The third-order valence-corrected chi connectivity index (χ3v) is 3.58. The third-order valence-electron chi connectivity index (χ3n) is 3.58. The summed E-state index contributed by atoms with van der Waals surface area (Å²) in [5, 5.41) is 8.77. The van der Waals surface area contributed by atoms with Crippen molar-refractivity contribution >= 4 is 0 Å². The van der Waals surface area contributed by atoms with Crippen molar-refractivity contribution in [2.45, 2.75) is 38.3 Å². The van der Waals surface area contributed by atoms with E-state index < -0.39 is 0 Å². The van der Waals surface area contributed by atoms with E-state index in [9.17, 15) is 0 Å². The van der Waals surface area contributed by atoms with E-state index in [-0.39, 0.29) is 6.04 Å². The summed E-state index contributed by atoms with van der Waals surface area (Å²) in [5.74, 6) is 0. The fourth-order valence-corrected chi connectivity index (χ4v) is 2.43. The number of aryl methyl sites for hydroxylation is 1. The van der Waals surface area contributed by atoms with E-state index in [1.807, 2.05) is 0 Å². The smallest absolute Gasteiger partial charge is 0.0635 e. The number of hydrogen-bond donors (Lipinski definition) is 1. The number of hydrogen-bond acceptors (Lipinski definition) is 3. The molecule has 1 aromatic carbocycles. The minimum atomic E-state index is 0.256. The summed E-state index contributed by atoms with van der Waals surface area (Å²) in [6, 6.07) is 11.7. The molecule has 1 unspecified atom stereocenters. The van der Waals surface area contributed by atoms with Gasteiger partial charge >= 0.3 is 0 Å². The van der Waals surface area contributed by atoms with Crippen LogP contribution in [0.1, 0.15) is 36.4 Å². The highest BCUT2D eigenvalue weighted by Gasteiger charge is 2.33. The first kappa shape index (κ1) is 13.1. The zero-order chi connectivity index (χ0) is 13.0. The standard InChI is InChI=1S/C15H21N3/c1-12-3-5-13(6-4-12)15(11-17)18(10-2-9-16)14-7-8-14/h3-6,14-15H,2,7-8,10-11,17H2,1H3. The van der Waals surface area contributed by atoms with Gasteiger partial charge in [-0.1, -0.05) is 29.8 Å². The molecule has 0 saturated heterocycles. The molecule has 2 rings (SSSR count). The minimum Gasteiger partial charge on any atom is -0.329 e. The molecule has 0 spiro atoms. The molecule has 1 saturated carbocycles. The summed E-state index contributed by atoms with van der Waals surface area (Å²) in [6.45, 7) is 3.54. The van der Waals surface area contributed by atoms with Gasteiger partial charge in [0.05, 0.1) is 6.07 Å². The molecule has 0 heterocycles. The summed E-state index contributed by atoms with van der Waals surface area (Å²) in [4.78, 5) is 2.41. The van der Waals surface area contributed by atoms with Gasteiger partial charge in [-0.15, -0.1) is 0 Å².